The van der Waals surface area contributed by atoms with Gasteiger partial charge < -0.3 is 10.1 Å². The fourth-order valence-corrected chi connectivity index (χ4v) is 2.38. The van der Waals surface area contributed by atoms with Crippen LogP contribution in [0.1, 0.15) is 18.8 Å². The number of hydrogen-bond donors (Lipinski definition) is 1. The quantitative estimate of drug-likeness (QED) is 0.833. The molecule has 2 N–H and O–H groups in total. The predicted octanol–water partition coefficient (Wildman–Crippen LogP) is 0.858. The molecule has 0 bridgehead atoms. The number of hydrogen-bond acceptors (Lipinski definition) is 3. The van der Waals surface area contributed by atoms with Crippen molar-refractivity contribution in [3.8, 4) is 0 Å². The highest BCUT2D eigenvalue weighted by atomic mass is 35.5. The summed E-state index contributed by atoms with van der Waals surface area (Å²) in [4.78, 5) is 16.9. The van der Waals surface area contributed by atoms with Crippen LogP contribution < -0.4 is 10.9 Å². The Balaban J connectivity index is 2.43. The number of fused-ring (bicyclic) bond motifs is 1. The highest BCUT2D eigenvalue weighted by Crippen LogP contribution is 2.16. The Hall–Kier alpha value is -1.43. The van der Waals surface area contributed by atoms with Crippen LogP contribution in [0.15, 0.2) is 23.0 Å². The molecule has 5 nitrogen and oxygen atoms in total. The van der Waals surface area contributed by atoms with Gasteiger partial charge in [-0.1, -0.05) is 11.6 Å². The van der Waals surface area contributed by atoms with E-state index in [1.54, 1.807) is 36.9 Å². The topological polar surface area (TPSA) is 60.7 Å². The maximum absolute atomic E-state index is 12.3. The Morgan fingerprint density at radius 1 is 1.50 bits per heavy atom. The third-order valence-corrected chi connectivity index (χ3v) is 3.56. The monoisotopic (exact) mass is 296 g/mol. The third kappa shape index (κ3) is 3.00. The molecule has 0 aliphatic carbocycles. The summed E-state index contributed by atoms with van der Waals surface area (Å²) in [6, 6.07) is 5.23. The zero-order chi connectivity index (χ0) is 14.7. The van der Waals surface area contributed by atoms with Crippen molar-refractivity contribution in [1.82, 2.24) is 9.55 Å². The lowest BCUT2D eigenvalue weighted by molar-refractivity contribution is -0.695. The second-order valence-corrected chi connectivity index (χ2v) is 5.24. The molecule has 0 saturated carbocycles. The Morgan fingerprint density at radius 2 is 2.25 bits per heavy atom. The summed E-state index contributed by atoms with van der Waals surface area (Å²) in [5, 5.41) is 3.27. The van der Waals surface area contributed by atoms with E-state index in [0.717, 1.165) is 12.4 Å². The summed E-state index contributed by atoms with van der Waals surface area (Å²) in [6.07, 6.45) is 0. The van der Waals surface area contributed by atoms with Gasteiger partial charge in [0.15, 0.2) is 5.82 Å². The summed E-state index contributed by atoms with van der Waals surface area (Å²) in [5.41, 5.74) is 0.594. The van der Waals surface area contributed by atoms with E-state index in [0.29, 0.717) is 22.5 Å². The molecule has 0 spiro atoms. The fraction of sp³-hybridized carbons (Fsp3) is 0.429. The van der Waals surface area contributed by atoms with Gasteiger partial charge in [-0.25, -0.2) is 4.98 Å². The lowest BCUT2D eigenvalue weighted by Gasteiger charge is -2.14. The highest BCUT2D eigenvalue weighted by Gasteiger charge is 2.16. The van der Waals surface area contributed by atoms with Crippen molar-refractivity contribution in [2.45, 2.75) is 13.0 Å². The Bertz CT molecular complexity index is 669. The van der Waals surface area contributed by atoms with Gasteiger partial charge in [0.05, 0.1) is 24.1 Å². The van der Waals surface area contributed by atoms with Gasteiger partial charge in [0, 0.05) is 19.2 Å². The van der Waals surface area contributed by atoms with Crippen LogP contribution in [0.25, 0.3) is 10.9 Å². The Labute approximate surface area is 122 Å². The highest BCUT2D eigenvalue weighted by molar-refractivity contribution is 6.31. The van der Waals surface area contributed by atoms with Crippen molar-refractivity contribution >= 4 is 22.5 Å². The van der Waals surface area contributed by atoms with E-state index in [1.807, 2.05) is 6.92 Å². The number of aromatic nitrogens is 2. The molecule has 1 heterocycles. The first-order valence-electron chi connectivity index (χ1n) is 6.53. The molecule has 2 rings (SSSR count). The van der Waals surface area contributed by atoms with Crippen molar-refractivity contribution in [1.29, 1.82) is 0 Å². The van der Waals surface area contributed by atoms with Gasteiger partial charge >= 0.3 is 0 Å². The number of nitrogens with zero attached hydrogens (tertiary/aromatic N) is 2. The Kier molecular flexibility index (Phi) is 4.75. The summed E-state index contributed by atoms with van der Waals surface area (Å²) in [7, 11) is 3.42. The molecule has 0 aliphatic rings. The second-order valence-electron chi connectivity index (χ2n) is 4.80. The van der Waals surface area contributed by atoms with Crippen molar-refractivity contribution in [3.05, 3.63) is 39.4 Å². The van der Waals surface area contributed by atoms with Crippen LogP contribution in [0, 0.1) is 0 Å². The molecule has 0 aliphatic heterocycles. The molecule has 0 fully saturated rings. The average molecular weight is 297 g/mol. The number of nitrogens with two attached hydrogens (primary N) is 1. The normalized spacial score (nSPS) is 12.8. The molecule has 1 aromatic carbocycles. The number of rotatable bonds is 5. The summed E-state index contributed by atoms with van der Waals surface area (Å²) >= 11 is 5.97. The number of ether oxygens (including phenoxy) is 1. The molecular weight excluding hydrogens is 278 g/mol. The largest absolute Gasteiger partial charge is 0.379 e. The molecule has 0 radical (unpaired) electrons. The van der Waals surface area contributed by atoms with E-state index in [1.165, 1.54) is 0 Å². The van der Waals surface area contributed by atoms with Crippen molar-refractivity contribution < 1.29 is 10.1 Å². The number of benzene rings is 1. The Morgan fingerprint density at radius 3 is 2.95 bits per heavy atom. The van der Waals surface area contributed by atoms with Gasteiger partial charge in [-0.3, -0.25) is 9.36 Å². The predicted molar refractivity (Wildman–Crippen MR) is 79.1 cm³/mol. The van der Waals surface area contributed by atoms with E-state index in [4.69, 9.17) is 16.3 Å². The minimum Gasteiger partial charge on any atom is -0.379 e. The van der Waals surface area contributed by atoms with E-state index < -0.39 is 0 Å². The molecule has 0 unspecified atom stereocenters. The summed E-state index contributed by atoms with van der Waals surface area (Å²) < 4.78 is 6.63. The van der Waals surface area contributed by atoms with Crippen LogP contribution >= 0.6 is 11.6 Å². The van der Waals surface area contributed by atoms with Gasteiger partial charge in [0.1, 0.15) is 6.04 Å². The lowest BCUT2D eigenvalue weighted by Crippen LogP contribution is -2.86. The first kappa shape index (κ1) is 15.0. The standard InChI is InChI=1S/C14H18ClN3O2/c1-9(16-6-7-20-3)13-17-12-8-10(15)4-5-11(12)14(19)18(13)2/h4-5,8-9,16H,6-7H2,1-3H3/p+1/t9-/m0/s1. The molecule has 6 heteroatoms. The maximum atomic E-state index is 12.3. The van der Waals surface area contributed by atoms with Crippen LogP contribution in [0.5, 0.6) is 0 Å². The van der Waals surface area contributed by atoms with Crippen LogP contribution in [-0.4, -0.2) is 29.8 Å². The smallest absolute Gasteiger partial charge is 0.261 e. The van der Waals surface area contributed by atoms with Crippen LogP contribution in [0.3, 0.4) is 0 Å². The van der Waals surface area contributed by atoms with E-state index in [2.05, 4.69) is 10.3 Å². The van der Waals surface area contributed by atoms with Crippen LogP contribution in [-0.2, 0) is 11.8 Å². The average Bonchev–Trinajstić information content (AvgIpc) is 2.42. The van der Waals surface area contributed by atoms with Crippen molar-refractivity contribution in [2.75, 3.05) is 20.3 Å². The van der Waals surface area contributed by atoms with E-state index in [-0.39, 0.29) is 11.6 Å². The second kappa shape index (κ2) is 6.35. The summed E-state index contributed by atoms with van der Waals surface area (Å²) in [6.45, 7) is 3.51. The van der Waals surface area contributed by atoms with Gasteiger partial charge in [-0.2, -0.15) is 0 Å². The maximum Gasteiger partial charge on any atom is 0.261 e. The van der Waals surface area contributed by atoms with Gasteiger partial charge in [0.25, 0.3) is 5.56 Å². The van der Waals surface area contributed by atoms with Crippen LogP contribution in [0.4, 0.5) is 0 Å². The molecule has 2 aromatic rings. The van der Waals surface area contributed by atoms with Gasteiger partial charge in [0.2, 0.25) is 0 Å². The van der Waals surface area contributed by atoms with Crippen LogP contribution in [0.2, 0.25) is 5.02 Å². The first-order chi connectivity index (χ1) is 9.54. The molecule has 1 atom stereocenters. The minimum atomic E-state index is -0.0475. The fourth-order valence-electron chi connectivity index (χ4n) is 2.21. The SMILES string of the molecule is COCC[NH2+][C@@H](C)c1nc2cc(Cl)ccc2c(=O)n1C. The number of methoxy groups -OCH3 is 1. The zero-order valence-electron chi connectivity index (χ0n) is 11.9. The molecule has 0 saturated heterocycles. The van der Waals surface area contributed by atoms with Crippen molar-refractivity contribution in [2.24, 2.45) is 7.05 Å². The molecule has 1 aromatic heterocycles. The molecular formula is C14H19ClN3O2+. The van der Waals surface area contributed by atoms with Gasteiger partial charge in [-0.05, 0) is 25.1 Å². The van der Waals surface area contributed by atoms with Crippen molar-refractivity contribution in [3.63, 3.8) is 0 Å². The minimum absolute atomic E-state index is 0.0475. The van der Waals surface area contributed by atoms with E-state index >= 15 is 0 Å². The number of halogens is 1. The zero-order valence-corrected chi connectivity index (χ0v) is 12.6. The lowest BCUT2D eigenvalue weighted by atomic mass is 10.2. The molecule has 108 valence electrons. The third-order valence-electron chi connectivity index (χ3n) is 3.32. The summed E-state index contributed by atoms with van der Waals surface area (Å²) in [5.74, 6) is 0.737. The molecule has 0 amide bonds. The number of quaternary nitrogens is 1. The first-order valence-corrected chi connectivity index (χ1v) is 6.91. The van der Waals surface area contributed by atoms with Gasteiger partial charge in [-0.15, -0.1) is 0 Å². The molecule has 20 heavy (non-hydrogen) atoms. The van der Waals surface area contributed by atoms with E-state index in [9.17, 15) is 4.79 Å².